The van der Waals surface area contributed by atoms with Crippen molar-refractivity contribution in [2.45, 2.75) is 6.92 Å². The van der Waals surface area contributed by atoms with Crippen LogP contribution in [0.15, 0.2) is 101 Å². The van der Waals surface area contributed by atoms with E-state index in [1.54, 1.807) is 29.1 Å². The number of carbonyl (C=O) groups is 1. The highest BCUT2D eigenvalue weighted by molar-refractivity contribution is 5.99. The van der Waals surface area contributed by atoms with Gasteiger partial charge in [-0.25, -0.2) is 10.1 Å². The number of aryl methyl sites for hydroxylation is 1. The second kappa shape index (κ2) is 8.35. The number of amides is 1. The van der Waals surface area contributed by atoms with E-state index in [-0.39, 0.29) is 5.69 Å². The Morgan fingerprint density at radius 3 is 2.62 bits per heavy atom. The summed E-state index contributed by atoms with van der Waals surface area (Å²) in [7, 11) is 0. The summed E-state index contributed by atoms with van der Waals surface area (Å²) in [5.74, 6) is 0.145. The van der Waals surface area contributed by atoms with Crippen LogP contribution in [0.4, 0.5) is 0 Å². The summed E-state index contributed by atoms with van der Waals surface area (Å²) in [5.41, 5.74) is 6.63. The minimum Gasteiger partial charge on any atom is -0.463 e. The fourth-order valence-electron chi connectivity index (χ4n) is 3.59. The standard InChI is InChI=1S/C26H20N4O2/c1-18-11-13-20(14-12-18)30-25(23-10-4-7-19-6-2-3-9-22(19)23)16-24(29-30)26(31)28-27-17-21-8-5-15-32-21/h2-17H,1H3,(H,28,31)/b27-17-. The van der Waals surface area contributed by atoms with E-state index in [1.165, 1.54) is 6.21 Å². The molecule has 5 rings (SSSR count). The molecule has 6 nitrogen and oxygen atoms in total. The maximum absolute atomic E-state index is 12.8. The van der Waals surface area contributed by atoms with Crippen LogP contribution in [0.25, 0.3) is 27.7 Å². The van der Waals surface area contributed by atoms with Gasteiger partial charge in [0.05, 0.1) is 23.9 Å². The predicted octanol–water partition coefficient (Wildman–Crippen LogP) is 5.36. The molecule has 0 fully saturated rings. The highest BCUT2D eigenvalue weighted by Gasteiger charge is 2.18. The van der Waals surface area contributed by atoms with E-state index in [2.05, 4.69) is 33.8 Å². The predicted molar refractivity (Wildman–Crippen MR) is 125 cm³/mol. The van der Waals surface area contributed by atoms with Crippen molar-refractivity contribution < 1.29 is 9.21 Å². The van der Waals surface area contributed by atoms with Crippen LogP contribution >= 0.6 is 0 Å². The Labute approximate surface area is 184 Å². The van der Waals surface area contributed by atoms with E-state index in [0.717, 1.165) is 33.3 Å². The number of hydrogen-bond donors (Lipinski definition) is 1. The Bertz CT molecular complexity index is 1410. The number of nitrogens with one attached hydrogen (secondary N) is 1. The summed E-state index contributed by atoms with van der Waals surface area (Å²) in [6.07, 6.45) is 2.99. The maximum atomic E-state index is 12.8. The summed E-state index contributed by atoms with van der Waals surface area (Å²) in [6, 6.07) is 27.6. The molecule has 32 heavy (non-hydrogen) atoms. The number of aromatic nitrogens is 2. The zero-order valence-electron chi connectivity index (χ0n) is 17.4. The van der Waals surface area contributed by atoms with Crippen LogP contribution in [0.5, 0.6) is 0 Å². The molecule has 2 aromatic heterocycles. The molecule has 5 aromatic rings. The molecule has 0 unspecified atom stereocenters. The van der Waals surface area contributed by atoms with Gasteiger partial charge in [0, 0.05) is 5.56 Å². The van der Waals surface area contributed by atoms with Crippen molar-refractivity contribution in [3.05, 3.63) is 108 Å². The van der Waals surface area contributed by atoms with E-state index < -0.39 is 5.91 Å². The Kier molecular flexibility index (Phi) is 5.09. The molecule has 0 radical (unpaired) electrons. The van der Waals surface area contributed by atoms with E-state index in [4.69, 9.17) is 4.42 Å². The molecule has 0 aliphatic rings. The molecular weight excluding hydrogens is 400 g/mol. The van der Waals surface area contributed by atoms with Crippen LogP contribution in [-0.4, -0.2) is 21.9 Å². The average Bonchev–Trinajstić information content (AvgIpc) is 3.49. The van der Waals surface area contributed by atoms with Crippen LogP contribution in [0.2, 0.25) is 0 Å². The number of hydrogen-bond acceptors (Lipinski definition) is 4. The van der Waals surface area contributed by atoms with Gasteiger partial charge in [0.15, 0.2) is 5.69 Å². The lowest BCUT2D eigenvalue weighted by Gasteiger charge is -2.10. The lowest BCUT2D eigenvalue weighted by molar-refractivity contribution is 0.0949. The molecule has 6 heteroatoms. The zero-order valence-corrected chi connectivity index (χ0v) is 17.4. The van der Waals surface area contributed by atoms with Gasteiger partial charge in [-0.2, -0.15) is 10.2 Å². The van der Waals surface area contributed by atoms with Gasteiger partial charge >= 0.3 is 0 Å². The van der Waals surface area contributed by atoms with Gasteiger partial charge in [0.25, 0.3) is 5.91 Å². The Hall–Kier alpha value is -4.45. The summed E-state index contributed by atoms with van der Waals surface area (Å²) in [4.78, 5) is 12.8. The third-order valence-corrected chi connectivity index (χ3v) is 5.19. The fourth-order valence-corrected chi connectivity index (χ4v) is 3.59. The first-order chi connectivity index (χ1) is 15.7. The first-order valence-electron chi connectivity index (χ1n) is 10.2. The molecule has 0 aliphatic carbocycles. The number of hydrazone groups is 1. The smallest absolute Gasteiger partial charge is 0.291 e. The number of carbonyl (C=O) groups excluding carboxylic acids is 1. The Morgan fingerprint density at radius 1 is 1.00 bits per heavy atom. The number of rotatable bonds is 5. The molecule has 0 aliphatic heterocycles. The van der Waals surface area contributed by atoms with Crippen molar-refractivity contribution in [2.75, 3.05) is 0 Å². The van der Waals surface area contributed by atoms with Crippen molar-refractivity contribution in [3.63, 3.8) is 0 Å². The molecular formula is C26H20N4O2. The zero-order chi connectivity index (χ0) is 21.9. The molecule has 0 spiro atoms. The molecule has 3 aromatic carbocycles. The second-order valence-electron chi connectivity index (χ2n) is 7.40. The molecule has 0 atom stereocenters. The van der Waals surface area contributed by atoms with Gasteiger partial charge in [0.2, 0.25) is 0 Å². The topological polar surface area (TPSA) is 72.4 Å². The quantitative estimate of drug-likeness (QED) is 0.307. The summed E-state index contributed by atoms with van der Waals surface area (Å²) in [6.45, 7) is 2.04. The van der Waals surface area contributed by atoms with Gasteiger partial charge in [0.1, 0.15) is 5.76 Å². The summed E-state index contributed by atoms with van der Waals surface area (Å²) in [5, 5.41) is 10.8. The highest BCUT2D eigenvalue weighted by Crippen LogP contribution is 2.31. The van der Waals surface area contributed by atoms with E-state index in [9.17, 15) is 4.79 Å². The van der Waals surface area contributed by atoms with Crippen LogP contribution in [-0.2, 0) is 0 Å². The molecule has 1 amide bonds. The van der Waals surface area contributed by atoms with Crippen molar-refractivity contribution in [3.8, 4) is 16.9 Å². The van der Waals surface area contributed by atoms with E-state index >= 15 is 0 Å². The molecule has 0 saturated heterocycles. The summed E-state index contributed by atoms with van der Waals surface area (Å²) >= 11 is 0. The SMILES string of the molecule is Cc1ccc(-n2nc(C(=O)N/N=C\c3ccco3)cc2-c2cccc3ccccc23)cc1. The van der Waals surface area contributed by atoms with Gasteiger partial charge in [-0.1, -0.05) is 60.2 Å². The van der Waals surface area contributed by atoms with Crippen molar-refractivity contribution in [2.24, 2.45) is 5.10 Å². The molecule has 0 saturated carbocycles. The van der Waals surface area contributed by atoms with Crippen LogP contribution < -0.4 is 5.43 Å². The second-order valence-corrected chi connectivity index (χ2v) is 7.40. The molecule has 156 valence electrons. The van der Waals surface area contributed by atoms with Crippen LogP contribution in [0.1, 0.15) is 21.8 Å². The van der Waals surface area contributed by atoms with Gasteiger partial charge in [-0.15, -0.1) is 0 Å². The number of fused-ring (bicyclic) bond motifs is 1. The minimum absolute atomic E-state index is 0.269. The Morgan fingerprint density at radius 2 is 1.81 bits per heavy atom. The van der Waals surface area contributed by atoms with Gasteiger partial charge < -0.3 is 4.42 Å². The molecule has 1 N–H and O–H groups in total. The fraction of sp³-hybridized carbons (Fsp3) is 0.0385. The van der Waals surface area contributed by atoms with Crippen molar-refractivity contribution in [1.29, 1.82) is 0 Å². The average molecular weight is 420 g/mol. The molecule has 0 bridgehead atoms. The normalized spacial score (nSPS) is 11.3. The number of furan rings is 1. The minimum atomic E-state index is -0.403. The van der Waals surface area contributed by atoms with Crippen LogP contribution in [0, 0.1) is 6.92 Å². The van der Waals surface area contributed by atoms with E-state index in [1.807, 2.05) is 55.5 Å². The first kappa shape index (κ1) is 19.5. The highest BCUT2D eigenvalue weighted by atomic mass is 16.3. The number of nitrogens with zero attached hydrogens (tertiary/aromatic N) is 3. The third-order valence-electron chi connectivity index (χ3n) is 5.19. The van der Waals surface area contributed by atoms with Gasteiger partial charge in [-0.05, 0) is 48.0 Å². The first-order valence-corrected chi connectivity index (χ1v) is 10.2. The lowest BCUT2D eigenvalue weighted by Crippen LogP contribution is -2.18. The summed E-state index contributed by atoms with van der Waals surface area (Å²) < 4.78 is 6.99. The van der Waals surface area contributed by atoms with Gasteiger partial charge in [-0.3, -0.25) is 4.79 Å². The van der Waals surface area contributed by atoms with Crippen molar-refractivity contribution >= 4 is 22.9 Å². The maximum Gasteiger partial charge on any atom is 0.291 e. The van der Waals surface area contributed by atoms with Crippen molar-refractivity contribution in [1.82, 2.24) is 15.2 Å². The lowest BCUT2D eigenvalue weighted by atomic mass is 10.0. The monoisotopic (exact) mass is 420 g/mol. The number of benzene rings is 3. The third kappa shape index (κ3) is 3.81. The Balaban J connectivity index is 1.58. The van der Waals surface area contributed by atoms with E-state index in [0.29, 0.717) is 5.76 Å². The molecule has 2 heterocycles. The van der Waals surface area contributed by atoms with Crippen LogP contribution in [0.3, 0.4) is 0 Å². The largest absolute Gasteiger partial charge is 0.463 e.